The number of aryl methyl sites for hydroxylation is 1. The van der Waals surface area contributed by atoms with Crippen LogP contribution in [0.5, 0.6) is 0 Å². The van der Waals surface area contributed by atoms with Crippen molar-refractivity contribution < 1.29 is 9.59 Å². The monoisotopic (exact) mass is 422 g/mol. The highest BCUT2D eigenvalue weighted by molar-refractivity contribution is 9.10. The molecule has 0 spiro atoms. The molecule has 1 saturated heterocycles. The lowest BCUT2D eigenvalue weighted by atomic mass is 9.96. The number of likely N-dealkylation sites (tertiary alicyclic amines) is 1. The van der Waals surface area contributed by atoms with Gasteiger partial charge in [0.1, 0.15) is 4.88 Å². The number of carbonyl (C=O) groups excluding carboxylic acids is 2. The SMILES string of the molecule is Cc1nnsc1C(=O)N1CCC(CNC(=O)c2cccc(Br)c2)CC1. The second-order valence-corrected chi connectivity index (χ2v) is 7.81. The van der Waals surface area contributed by atoms with Gasteiger partial charge < -0.3 is 10.2 Å². The lowest BCUT2D eigenvalue weighted by Crippen LogP contribution is -2.41. The molecule has 2 heterocycles. The van der Waals surface area contributed by atoms with E-state index < -0.39 is 0 Å². The van der Waals surface area contributed by atoms with Crippen LogP contribution in [0.3, 0.4) is 0 Å². The molecule has 6 nitrogen and oxygen atoms in total. The van der Waals surface area contributed by atoms with Gasteiger partial charge in [-0.05, 0) is 55.4 Å². The number of aromatic nitrogens is 2. The maximum Gasteiger partial charge on any atom is 0.267 e. The zero-order chi connectivity index (χ0) is 17.8. The summed E-state index contributed by atoms with van der Waals surface area (Å²) in [5.74, 6) is 0.344. The Labute approximate surface area is 158 Å². The van der Waals surface area contributed by atoms with Gasteiger partial charge in [0, 0.05) is 29.7 Å². The van der Waals surface area contributed by atoms with Crippen molar-refractivity contribution in [2.75, 3.05) is 19.6 Å². The van der Waals surface area contributed by atoms with Gasteiger partial charge in [-0.2, -0.15) is 0 Å². The van der Waals surface area contributed by atoms with E-state index >= 15 is 0 Å². The number of benzene rings is 1. The first kappa shape index (κ1) is 18.0. The van der Waals surface area contributed by atoms with E-state index in [-0.39, 0.29) is 11.8 Å². The lowest BCUT2D eigenvalue weighted by Gasteiger charge is -2.31. The van der Waals surface area contributed by atoms with Crippen molar-refractivity contribution in [2.24, 2.45) is 5.92 Å². The first-order valence-electron chi connectivity index (χ1n) is 8.16. The molecule has 1 fully saturated rings. The molecule has 1 aromatic carbocycles. The van der Waals surface area contributed by atoms with Crippen molar-refractivity contribution in [3.05, 3.63) is 44.9 Å². The molecule has 1 aromatic heterocycles. The number of carbonyl (C=O) groups is 2. The van der Waals surface area contributed by atoms with Gasteiger partial charge in [-0.3, -0.25) is 9.59 Å². The van der Waals surface area contributed by atoms with Crippen LogP contribution < -0.4 is 5.32 Å². The third-order valence-corrected chi connectivity index (χ3v) is 5.69. The van der Waals surface area contributed by atoms with E-state index in [1.807, 2.05) is 23.1 Å². The predicted octanol–water partition coefficient (Wildman–Crippen LogP) is 2.89. The third-order valence-electron chi connectivity index (χ3n) is 4.39. The predicted molar refractivity (Wildman–Crippen MR) is 99.7 cm³/mol. The number of nitrogens with one attached hydrogen (secondary N) is 1. The Hall–Kier alpha value is -1.80. The van der Waals surface area contributed by atoms with E-state index in [4.69, 9.17) is 0 Å². The largest absolute Gasteiger partial charge is 0.352 e. The number of rotatable bonds is 4. The fourth-order valence-electron chi connectivity index (χ4n) is 2.88. The Bertz CT molecular complexity index is 772. The zero-order valence-electron chi connectivity index (χ0n) is 13.9. The Morgan fingerprint density at radius 2 is 2.12 bits per heavy atom. The first-order valence-corrected chi connectivity index (χ1v) is 9.73. The van der Waals surface area contributed by atoms with Gasteiger partial charge in [0.15, 0.2) is 0 Å². The smallest absolute Gasteiger partial charge is 0.267 e. The van der Waals surface area contributed by atoms with Crippen molar-refractivity contribution in [1.82, 2.24) is 19.8 Å². The normalized spacial score (nSPS) is 15.2. The number of halogens is 1. The van der Waals surface area contributed by atoms with Gasteiger partial charge in [0.2, 0.25) is 0 Å². The molecule has 1 aliphatic rings. The highest BCUT2D eigenvalue weighted by atomic mass is 79.9. The average molecular weight is 423 g/mol. The molecule has 0 bridgehead atoms. The lowest BCUT2D eigenvalue weighted by molar-refractivity contribution is 0.0688. The van der Waals surface area contributed by atoms with Crippen molar-refractivity contribution in [1.29, 1.82) is 0 Å². The molecule has 0 unspecified atom stereocenters. The van der Waals surface area contributed by atoms with Gasteiger partial charge in [0.25, 0.3) is 11.8 Å². The standard InChI is InChI=1S/C17H19BrN4O2S/c1-11-15(25-21-20-11)17(24)22-7-5-12(6-8-22)10-19-16(23)13-3-2-4-14(18)9-13/h2-4,9,12H,5-8,10H2,1H3,(H,19,23). The minimum absolute atomic E-state index is 0.0177. The number of piperidine rings is 1. The van der Waals surface area contributed by atoms with Crippen LogP contribution in [-0.2, 0) is 0 Å². The molecule has 0 saturated carbocycles. The number of amides is 2. The Morgan fingerprint density at radius 3 is 2.76 bits per heavy atom. The van der Waals surface area contributed by atoms with E-state index in [0.717, 1.165) is 28.8 Å². The minimum atomic E-state index is -0.0637. The van der Waals surface area contributed by atoms with Crippen LogP contribution in [-0.4, -0.2) is 45.9 Å². The Balaban J connectivity index is 1.47. The van der Waals surface area contributed by atoms with Gasteiger partial charge in [0.05, 0.1) is 5.69 Å². The second-order valence-electron chi connectivity index (χ2n) is 6.14. The summed E-state index contributed by atoms with van der Waals surface area (Å²) in [7, 11) is 0. The summed E-state index contributed by atoms with van der Waals surface area (Å²) < 4.78 is 4.72. The molecule has 25 heavy (non-hydrogen) atoms. The molecular formula is C17H19BrN4O2S. The van der Waals surface area contributed by atoms with Gasteiger partial charge in [-0.25, -0.2) is 0 Å². The van der Waals surface area contributed by atoms with Crippen LogP contribution in [0.4, 0.5) is 0 Å². The molecule has 8 heteroatoms. The van der Waals surface area contributed by atoms with Gasteiger partial charge in [-0.1, -0.05) is 26.5 Å². The minimum Gasteiger partial charge on any atom is -0.352 e. The topological polar surface area (TPSA) is 75.2 Å². The Kier molecular flexibility index (Phi) is 5.80. The highest BCUT2D eigenvalue weighted by Crippen LogP contribution is 2.21. The van der Waals surface area contributed by atoms with Crippen LogP contribution in [0.15, 0.2) is 28.7 Å². The molecule has 3 rings (SSSR count). The number of nitrogens with zero attached hydrogens (tertiary/aromatic N) is 3. The maximum atomic E-state index is 12.5. The third kappa shape index (κ3) is 4.43. The summed E-state index contributed by atoms with van der Waals surface area (Å²) >= 11 is 4.53. The van der Waals surface area contributed by atoms with Crippen LogP contribution in [0.1, 0.15) is 38.6 Å². The van der Waals surface area contributed by atoms with Crippen molar-refractivity contribution >= 4 is 39.3 Å². The summed E-state index contributed by atoms with van der Waals surface area (Å²) in [6.45, 7) is 3.84. The van der Waals surface area contributed by atoms with Crippen LogP contribution >= 0.6 is 27.5 Å². The van der Waals surface area contributed by atoms with E-state index in [1.165, 1.54) is 0 Å². The molecule has 2 aromatic rings. The highest BCUT2D eigenvalue weighted by Gasteiger charge is 2.26. The molecule has 1 aliphatic heterocycles. The Morgan fingerprint density at radius 1 is 1.36 bits per heavy atom. The van der Waals surface area contributed by atoms with Crippen molar-refractivity contribution in [3.8, 4) is 0 Å². The number of hydrogen-bond acceptors (Lipinski definition) is 5. The molecule has 2 amide bonds. The van der Waals surface area contributed by atoms with Gasteiger partial charge in [-0.15, -0.1) is 5.10 Å². The van der Waals surface area contributed by atoms with E-state index in [9.17, 15) is 9.59 Å². The van der Waals surface area contributed by atoms with Crippen molar-refractivity contribution in [3.63, 3.8) is 0 Å². The molecule has 1 N–H and O–H groups in total. The summed E-state index contributed by atoms with van der Waals surface area (Å²) in [5.41, 5.74) is 1.34. The summed E-state index contributed by atoms with van der Waals surface area (Å²) in [4.78, 5) is 27.1. The average Bonchev–Trinajstić information content (AvgIpc) is 3.05. The molecular weight excluding hydrogens is 404 g/mol. The van der Waals surface area contributed by atoms with E-state index in [0.29, 0.717) is 41.7 Å². The summed E-state index contributed by atoms with van der Waals surface area (Å²) in [5, 5.41) is 6.90. The number of hydrogen-bond donors (Lipinski definition) is 1. The quantitative estimate of drug-likeness (QED) is 0.821. The summed E-state index contributed by atoms with van der Waals surface area (Å²) in [6.07, 6.45) is 1.77. The van der Waals surface area contributed by atoms with Crippen LogP contribution in [0.2, 0.25) is 0 Å². The van der Waals surface area contributed by atoms with Crippen LogP contribution in [0, 0.1) is 12.8 Å². The van der Waals surface area contributed by atoms with E-state index in [2.05, 4.69) is 30.8 Å². The van der Waals surface area contributed by atoms with Crippen LogP contribution in [0.25, 0.3) is 0 Å². The maximum absolute atomic E-state index is 12.5. The van der Waals surface area contributed by atoms with Gasteiger partial charge >= 0.3 is 0 Å². The zero-order valence-corrected chi connectivity index (χ0v) is 16.3. The first-order chi connectivity index (χ1) is 12.0. The van der Waals surface area contributed by atoms with Crippen molar-refractivity contribution in [2.45, 2.75) is 19.8 Å². The second kappa shape index (κ2) is 8.05. The molecule has 0 atom stereocenters. The fourth-order valence-corrected chi connectivity index (χ4v) is 3.90. The molecule has 0 radical (unpaired) electrons. The molecule has 132 valence electrons. The van der Waals surface area contributed by atoms with E-state index in [1.54, 1.807) is 13.0 Å². The fraction of sp³-hybridized carbons (Fsp3) is 0.412. The summed E-state index contributed by atoms with van der Waals surface area (Å²) in [6, 6.07) is 7.35. The molecule has 0 aliphatic carbocycles.